The van der Waals surface area contributed by atoms with E-state index in [4.69, 9.17) is 0 Å². The van der Waals surface area contributed by atoms with Crippen LogP contribution in [0.2, 0.25) is 0 Å². The second kappa shape index (κ2) is 5.80. The van der Waals surface area contributed by atoms with E-state index in [0.717, 1.165) is 19.6 Å². The van der Waals surface area contributed by atoms with Crippen LogP contribution in [0.1, 0.15) is 12.5 Å². The Morgan fingerprint density at radius 2 is 2.39 bits per heavy atom. The van der Waals surface area contributed by atoms with E-state index < -0.39 is 0 Å². The molecule has 1 heterocycles. The molecule has 1 aromatic rings. The number of benzene rings is 1. The van der Waals surface area contributed by atoms with Crippen molar-refractivity contribution < 1.29 is 9.18 Å². The van der Waals surface area contributed by atoms with Crippen molar-refractivity contribution in [3.63, 3.8) is 0 Å². The van der Waals surface area contributed by atoms with Crippen molar-refractivity contribution in [3.05, 3.63) is 34.1 Å². The normalized spacial score (nSPS) is 19.9. The van der Waals surface area contributed by atoms with E-state index in [-0.39, 0.29) is 18.1 Å². The Hall–Kier alpha value is -0.940. The topological polar surface area (TPSA) is 32.3 Å². The molecule has 0 aliphatic carbocycles. The lowest BCUT2D eigenvalue weighted by molar-refractivity contribution is -0.131. The van der Waals surface area contributed by atoms with Crippen molar-refractivity contribution in [2.45, 2.75) is 19.4 Å². The van der Waals surface area contributed by atoms with Crippen LogP contribution in [-0.4, -0.2) is 36.5 Å². The van der Waals surface area contributed by atoms with E-state index in [2.05, 4.69) is 28.2 Å². The summed E-state index contributed by atoms with van der Waals surface area (Å²) in [4.78, 5) is 13.9. The summed E-state index contributed by atoms with van der Waals surface area (Å²) in [6.45, 7) is 4.32. The molecular formula is C13H16BrFN2O. The average molecular weight is 315 g/mol. The molecule has 1 saturated heterocycles. The van der Waals surface area contributed by atoms with E-state index in [1.165, 1.54) is 6.07 Å². The molecule has 5 heteroatoms. The van der Waals surface area contributed by atoms with Gasteiger partial charge in [-0.2, -0.15) is 0 Å². The number of nitrogens with one attached hydrogen (secondary N) is 1. The monoisotopic (exact) mass is 314 g/mol. The van der Waals surface area contributed by atoms with E-state index in [1.54, 1.807) is 12.1 Å². The van der Waals surface area contributed by atoms with E-state index in [1.807, 2.05) is 4.90 Å². The van der Waals surface area contributed by atoms with Gasteiger partial charge >= 0.3 is 0 Å². The predicted octanol–water partition coefficient (Wildman–Crippen LogP) is 1.95. The van der Waals surface area contributed by atoms with Crippen LogP contribution < -0.4 is 5.32 Å². The molecule has 1 N–H and O–H groups in total. The van der Waals surface area contributed by atoms with Gasteiger partial charge in [-0.15, -0.1) is 0 Å². The molecule has 0 saturated carbocycles. The number of hydrogen-bond donors (Lipinski definition) is 1. The van der Waals surface area contributed by atoms with Crippen LogP contribution in [0.3, 0.4) is 0 Å². The highest BCUT2D eigenvalue weighted by molar-refractivity contribution is 9.10. The fraction of sp³-hybridized carbons (Fsp3) is 0.462. The van der Waals surface area contributed by atoms with E-state index in [0.29, 0.717) is 16.1 Å². The van der Waals surface area contributed by atoms with Crippen molar-refractivity contribution in [2.75, 3.05) is 19.6 Å². The molecule has 0 aromatic heterocycles. The fourth-order valence-electron chi connectivity index (χ4n) is 2.09. The first kappa shape index (κ1) is 13.5. The summed E-state index contributed by atoms with van der Waals surface area (Å²) in [6.07, 6.45) is 0.261. The Kier molecular flexibility index (Phi) is 4.35. The number of nitrogens with zero attached hydrogens (tertiary/aromatic N) is 1. The third kappa shape index (κ3) is 3.29. The second-order valence-electron chi connectivity index (χ2n) is 4.62. The summed E-state index contributed by atoms with van der Waals surface area (Å²) in [5.41, 5.74) is 0.715. The minimum absolute atomic E-state index is 0.0603. The first-order valence-corrected chi connectivity index (χ1v) is 6.80. The van der Waals surface area contributed by atoms with Gasteiger partial charge in [0.15, 0.2) is 0 Å². The van der Waals surface area contributed by atoms with E-state index in [9.17, 15) is 9.18 Å². The van der Waals surface area contributed by atoms with Gasteiger partial charge in [0.1, 0.15) is 5.82 Å². The summed E-state index contributed by atoms with van der Waals surface area (Å²) < 4.78 is 13.8. The molecule has 98 valence electrons. The Morgan fingerprint density at radius 3 is 3.06 bits per heavy atom. The van der Waals surface area contributed by atoms with Crippen molar-refractivity contribution in [2.24, 2.45) is 0 Å². The van der Waals surface area contributed by atoms with Gasteiger partial charge in [0.2, 0.25) is 5.91 Å². The van der Waals surface area contributed by atoms with Crippen LogP contribution >= 0.6 is 15.9 Å². The van der Waals surface area contributed by atoms with Gasteiger partial charge in [0.25, 0.3) is 0 Å². The Morgan fingerprint density at radius 1 is 1.61 bits per heavy atom. The van der Waals surface area contributed by atoms with Gasteiger partial charge < -0.3 is 10.2 Å². The van der Waals surface area contributed by atoms with Crippen molar-refractivity contribution in [1.29, 1.82) is 0 Å². The Balaban J connectivity index is 2.00. The first-order chi connectivity index (χ1) is 8.56. The fourth-order valence-corrected chi connectivity index (χ4v) is 2.34. The van der Waals surface area contributed by atoms with E-state index >= 15 is 0 Å². The van der Waals surface area contributed by atoms with Crippen LogP contribution in [0, 0.1) is 5.82 Å². The highest BCUT2D eigenvalue weighted by Crippen LogP contribution is 2.17. The number of piperazine rings is 1. The third-order valence-electron chi connectivity index (χ3n) is 3.06. The zero-order chi connectivity index (χ0) is 13.1. The van der Waals surface area contributed by atoms with Crippen LogP contribution in [0.4, 0.5) is 4.39 Å². The van der Waals surface area contributed by atoms with Gasteiger partial charge in [-0.05, 0) is 40.5 Å². The number of hydrogen-bond acceptors (Lipinski definition) is 2. The molecule has 0 spiro atoms. The highest BCUT2D eigenvalue weighted by Gasteiger charge is 2.20. The summed E-state index contributed by atoms with van der Waals surface area (Å²) in [6, 6.07) is 5.15. The van der Waals surface area contributed by atoms with Gasteiger partial charge in [-0.25, -0.2) is 4.39 Å². The van der Waals surface area contributed by atoms with Crippen LogP contribution in [0.15, 0.2) is 22.7 Å². The van der Waals surface area contributed by atoms with Crippen molar-refractivity contribution >= 4 is 21.8 Å². The van der Waals surface area contributed by atoms with Crippen LogP contribution in [0.5, 0.6) is 0 Å². The molecule has 0 unspecified atom stereocenters. The number of rotatable bonds is 2. The quantitative estimate of drug-likeness (QED) is 0.905. The molecule has 3 nitrogen and oxygen atoms in total. The molecule has 2 rings (SSSR count). The van der Waals surface area contributed by atoms with Gasteiger partial charge in [0, 0.05) is 25.7 Å². The molecule has 1 aromatic carbocycles. The van der Waals surface area contributed by atoms with Gasteiger partial charge in [-0.1, -0.05) is 6.07 Å². The maximum absolute atomic E-state index is 13.4. The summed E-state index contributed by atoms with van der Waals surface area (Å²) in [5.74, 6) is -0.265. The van der Waals surface area contributed by atoms with Crippen molar-refractivity contribution in [3.8, 4) is 0 Å². The third-order valence-corrected chi connectivity index (χ3v) is 3.70. The lowest BCUT2D eigenvalue weighted by Gasteiger charge is -2.32. The highest BCUT2D eigenvalue weighted by atomic mass is 79.9. The molecule has 1 aliphatic rings. The number of halogens is 2. The summed E-state index contributed by atoms with van der Waals surface area (Å²) in [5, 5.41) is 3.29. The molecule has 0 bridgehead atoms. The maximum atomic E-state index is 13.4. The number of carbonyl (C=O) groups is 1. The molecule has 1 fully saturated rings. The maximum Gasteiger partial charge on any atom is 0.227 e. The smallest absolute Gasteiger partial charge is 0.227 e. The van der Waals surface area contributed by atoms with Gasteiger partial charge in [0.05, 0.1) is 10.9 Å². The van der Waals surface area contributed by atoms with Crippen LogP contribution in [-0.2, 0) is 11.2 Å². The summed E-state index contributed by atoms with van der Waals surface area (Å²) >= 11 is 3.10. The zero-order valence-corrected chi connectivity index (χ0v) is 11.8. The summed E-state index contributed by atoms with van der Waals surface area (Å²) in [7, 11) is 0. The van der Waals surface area contributed by atoms with Gasteiger partial charge in [-0.3, -0.25) is 4.79 Å². The predicted molar refractivity (Wildman–Crippen MR) is 71.8 cm³/mol. The molecular weight excluding hydrogens is 299 g/mol. The minimum Gasteiger partial charge on any atom is -0.340 e. The average Bonchev–Trinajstić information content (AvgIpc) is 2.34. The molecule has 18 heavy (non-hydrogen) atoms. The number of carbonyl (C=O) groups excluding carboxylic acids is 1. The molecule has 1 amide bonds. The molecule has 0 radical (unpaired) electrons. The first-order valence-electron chi connectivity index (χ1n) is 6.01. The molecule has 1 atom stereocenters. The zero-order valence-electron chi connectivity index (χ0n) is 10.2. The minimum atomic E-state index is -0.325. The SMILES string of the molecule is C[C@@H]1CN(C(=O)Cc2ccc(Br)c(F)c2)CCN1. The Bertz CT molecular complexity index is 453. The molecule has 1 aliphatic heterocycles. The second-order valence-corrected chi connectivity index (χ2v) is 5.47. The van der Waals surface area contributed by atoms with Crippen LogP contribution in [0.25, 0.3) is 0 Å². The Labute approximate surface area is 114 Å². The lowest BCUT2D eigenvalue weighted by atomic mass is 10.1. The standard InChI is InChI=1S/C13H16BrFN2O/c1-9-8-17(5-4-16-9)13(18)7-10-2-3-11(14)12(15)6-10/h2-3,6,9,16H,4-5,7-8H2,1H3/t9-/m1/s1. The van der Waals surface area contributed by atoms with Crippen molar-refractivity contribution in [1.82, 2.24) is 10.2 Å². The lowest BCUT2D eigenvalue weighted by Crippen LogP contribution is -2.51. The largest absolute Gasteiger partial charge is 0.340 e. The number of amides is 1.